The van der Waals surface area contributed by atoms with Crippen LogP contribution in [0.15, 0.2) is 24.3 Å². The van der Waals surface area contributed by atoms with Gasteiger partial charge >= 0.3 is 6.18 Å². The molecule has 5 nitrogen and oxygen atoms in total. The Morgan fingerprint density at radius 2 is 1.96 bits per heavy atom. The van der Waals surface area contributed by atoms with Gasteiger partial charge in [-0.15, -0.1) is 0 Å². The lowest BCUT2D eigenvalue weighted by Gasteiger charge is -2.36. The minimum Gasteiger partial charge on any atom is -0.372 e. The van der Waals surface area contributed by atoms with E-state index in [1.54, 1.807) is 6.92 Å². The Kier molecular flexibility index (Phi) is 4.93. The highest BCUT2D eigenvalue weighted by molar-refractivity contribution is 5.91. The number of benzene rings is 1. The number of nitrogens with one attached hydrogen (secondary N) is 1. The number of ether oxygens (including phenoxy) is 1. The molecule has 0 bridgehead atoms. The van der Waals surface area contributed by atoms with Gasteiger partial charge in [0.1, 0.15) is 12.1 Å². The number of alkyl halides is 3. The average Bonchev–Trinajstić information content (AvgIpc) is 2.52. The number of methoxy groups -OCH3 is 1. The third kappa shape index (κ3) is 3.64. The van der Waals surface area contributed by atoms with Gasteiger partial charge in [-0.05, 0) is 24.6 Å². The van der Waals surface area contributed by atoms with Gasteiger partial charge < -0.3 is 15.0 Å². The molecule has 1 saturated heterocycles. The summed E-state index contributed by atoms with van der Waals surface area (Å²) in [6.07, 6.45) is -5.19. The molecule has 1 heterocycles. The number of rotatable bonds is 3. The second-order valence-electron chi connectivity index (χ2n) is 5.22. The number of halogens is 3. The van der Waals surface area contributed by atoms with Crippen molar-refractivity contribution in [1.82, 2.24) is 10.2 Å². The average molecular weight is 330 g/mol. The Labute approximate surface area is 131 Å². The van der Waals surface area contributed by atoms with Crippen LogP contribution in [0.4, 0.5) is 13.2 Å². The number of hydrogen-bond donors (Lipinski definition) is 1. The van der Waals surface area contributed by atoms with Crippen LogP contribution in [0.25, 0.3) is 0 Å². The molecule has 1 aliphatic rings. The molecule has 0 radical (unpaired) electrons. The van der Waals surface area contributed by atoms with Gasteiger partial charge in [0.2, 0.25) is 5.91 Å². The van der Waals surface area contributed by atoms with Crippen LogP contribution in [0.3, 0.4) is 0 Å². The Morgan fingerprint density at radius 1 is 1.35 bits per heavy atom. The summed E-state index contributed by atoms with van der Waals surface area (Å²) in [5, 5.41) is 2.62. The van der Waals surface area contributed by atoms with E-state index in [0.717, 1.165) is 12.1 Å². The summed E-state index contributed by atoms with van der Waals surface area (Å²) < 4.78 is 42.9. The predicted molar refractivity (Wildman–Crippen MR) is 75.4 cm³/mol. The van der Waals surface area contributed by atoms with E-state index < -0.39 is 29.8 Å². The van der Waals surface area contributed by atoms with E-state index in [4.69, 9.17) is 4.74 Å². The normalized spacial score (nSPS) is 20.1. The number of nitrogens with zero attached hydrogens (tertiary/aromatic N) is 1. The van der Waals surface area contributed by atoms with Crippen molar-refractivity contribution in [3.63, 3.8) is 0 Å². The summed E-state index contributed by atoms with van der Waals surface area (Å²) in [6, 6.07) is 3.28. The van der Waals surface area contributed by atoms with E-state index >= 15 is 0 Å². The molecule has 0 aliphatic carbocycles. The number of amides is 2. The molecule has 1 aliphatic heterocycles. The fourth-order valence-corrected chi connectivity index (χ4v) is 2.42. The molecule has 1 N–H and O–H groups in total. The minimum atomic E-state index is -4.45. The van der Waals surface area contributed by atoms with Gasteiger partial charge in [0.15, 0.2) is 0 Å². The van der Waals surface area contributed by atoms with Gasteiger partial charge in [-0.2, -0.15) is 13.2 Å². The standard InChI is InChI=1S/C15H17F3N2O3/c1-9(23-2)14(22)20-8-7-19-13(21)12(20)10-3-5-11(6-4-10)15(16,17)18/h3-6,9,12H,7-8H2,1-2H3,(H,19,21). The summed E-state index contributed by atoms with van der Waals surface area (Å²) in [6.45, 7) is 2.11. The SMILES string of the molecule is COC(C)C(=O)N1CCNC(=O)C1c1ccc(C(F)(F)F)cc1. The summed E-state index contributed by atoms with van der Waals surface area (Å²) >= 11 is 0. The third-order valence-electron chi connectivity index (χ3n) is 3.75. The van der Waals surface area contributed by atoms with Crippen LogP contribution in [0.2, 0.25) is 0 Å². The lowest BCUT2D eigenvalue weighted by Crippen LogP contribution is -2.54. The summed E-state index contributed by atoms with van der Waals surface area (Å²) in [5.41, 5.74) is -0.479. The van der Waals surface area contributed by atoms with Gasteiger partial charge in [-0.25, -0.2) is 0 Å². The largest absolute Gasteiger partial charge is 0.416 e. The van der Waals surface area contributed by atoms with Crippen LogP contribution in [0, 0.1) is 0 Å². The molecule has 1 fully saturated rings. The molecule has 0 aromatic heterocycles. The van der Waals surface area contributed by atoms with Gasteiger partial charge in [0, 0.05) is 20.2 Å². The Balaban J connectivity index is 2.32. The smallest absolute Gasteiger partial charge is 0.372 e. The van der Waals surface area contributed by atoms with E-state index in [-0.39, 0.29) is 19.0 Å². The fraction of sp³-hybridized carbons (Fsp3) is 0.467. The molecule has 0 saturated carbocycles. The third-order valence-corrected chi connectivity index (χ3v) is 3.75. The molecule has 2 atom stereocenters. The predicted octanol–water partition coefficient (Wildman–Crippen LogP) is 1.74. The molecule has 1 aromatic rings. The highest BCUT2D eigenvalue weighted by Crippen LogP contribution is 2.31. The van der Waals surface area contributed by atoms with E-state index in [2.05, 4.69) is 5.32 Å². The zero-order valence-electron chi connectivity index (χ0n) is 12.7. The first kappa shape index (κ1) is 17.3. The summed E-state index contributed by atoms with van der Waals surface area (Å²) in [5.74, 6) is -0.806. The van der Waals surface area contributed by atoms with Crippen LogP contribution >= 0.6 is 0 Å². The molecule has 2 unspecified atom stereocenters. The molecular weight excluding hydrogens is 313 g/mol. The fourth-order valence-electron chi connectivity index (χ4n) is 2.42. The van der Waals surface area contributed by atoms with Crippen LogP contribution < -0.4 is 5.32 Å². The van der Waals surface area contributed by atoms with E-state index in [9.17, 15) is 22.8 Å². The summed E-state index contributed by atoms with van der Waals surface area (Å²) in [7, 11) is 1.37. The van der Waals surface area contributed by atoms with Crippen LogP contribution in [-0.4, -0.2) is 43.0 Å². The monoisotopic (exact) mass is 330 g/mol. The van der Waals surface area contributed by atoms with Crippen molar-refractivity contribution in [2.45, 2.75) is 25.2 Å². The van der Waals surface area contributed by atoms with Crippen LogP contribution in [-0.2, 0) is 20.5 Å². The molecule has 1 aromatic carbocycles. The van der Waals surface area contributed by atoms with Crippen molar-refractivity contribution < 1.29 is 27.5 Å². The topological polar surface area (TPSA) is 58.6 Å². The molecule has 8 heteroatoms. The first-order valence-corrected chi connectivity index (χ1v) is 7.04. The highest BCUT2D eigenvalue weighted by atomic mass is 19.4. The van der Waals surface area contributed by atoms with Gasteiger partial charge in [0.25, 0.3) is 5.91 Å². The lowest BCUT2D eigenvalue weighted by molar-refractivity contribution is -0.150. The van der Waals surface area contributed by atoms with Gasteiger partial charge in [-0.1, -0.05) is 12.1 Å². The molecular formula is C15H17F3N2O3. The zero-order valence-corrected chi connectivity index (χ0v) is 12.7. The second kappa shape index (κ2) is 6.57. The Hall–Kier alpha value is -2.09. The van der Waals surface area contributed by atoms with E-state index in [1.165, 1.54) is 24.1 Å². The maximum absolute atomic E-state index is 12.6. The van der Waals surface area contributed by atoms with Crippen LogP contribution in [0.5, 0.6) is 0 Å². The highest BCUT2D eigenvalue weighted by Gasteiger charge is 2.37. The lowest BCUT2D eigenvalue weighted by atomic mass is 10.00. The number of carbonyl (C=O) groups excluding carboxylic acids is 2. The Bertz CT molecular complexity index is 587. The zero-order chi connectivity index (χ0) is 17.2. The van der Waals surface area contributed by atoms with Crippen molar-refractivity contribution in [1.29, 1.82) is 0 Å². The second-order valence-corrected chi connectivity index (χ2v) is 5.22. The molecule has 0 spiro atoms. The molecule has 2 rings (SSSR count). The van der Waals surface area contributed by atoms with Gasteiger partial charge in [0.05, 0.1) is 5.56 Å². The van der Waals surface area contributed by atoms with Crippen LogP contribution in [0.1, 0.15) is 24.1 Å². The van der Waals surface area contributed by atoms with Gasteiger partial charge in [-0.3, -0.25) is 9.59 Å². The van der Waals surface area contributed by atoms with Crippen molar-refractivity contribution in [3.05, 3.63) is 35.4 Å². The molecule has 126 valence electrons. The molecule has 23 heavy (non-hydrogen) atoms. The Morgan fingerprint density at radius 3 is 2.48 bits per heavy atom. The van der Waals surface area contributed by atoms with E-state index in [1.807, 2.05) is 0 Å². The van der Waals surface area contributed by atoms with Crippen molar-refractivity contribution >= 4 is 11.8 Å². The quantitative estimate of drug-likeness (QED) is 0.918. The maximum Gasteiger partial charge on any atom is 0.416 e. The first-order chi connectivity index (χ1) is 10.8. The number of carbonyl (C=O) groups is 2. The number of piperazine rings is 1. The minimum absolute atomic E-state index is 0.268. The summed E-state index contributed by atoms with van der Waals surface area (Å²) in [4.78, 5) is 25.8. The van der Waals surface area contributed by atoms with Crippen molar-refractivity contribution in [3.8, 4) is 0 Å². The van der Waals surface area contributed by atoms with E-state index in [0.29, 0.717) is 5.56 Å². The van der Waals surface area contributed by atoms with Crippen molar-refractivity contribution in [2.75, 3.05) is 20.2 Å². The molecule has 2 amide bonds. The maximum atomic E-state index is 12.6. The van der Waals surface area contributed by atoms with Crippen molar-refractivity contribution in [2.24, 2.45) is 0 Å². The number of hydrogen-bond acceptors (Lipinski definition) is 3. The first-order valence-electron chi connectivity index (χ1n) is 7.04.